The molecule has 0 bridgehead atoms. The number of carbonyl (C=O) groups excluding carboxylic acids is 1. The SMILES string of the molecule is CC(C)NCc1ccc(OC(C)C(=O)NC2CC2)c(Br)c1. The van der Waals surface area contributed by atoms with Crippen LogP contribution in [0.1, 0.15) is 39.2 Å². The first-order valence-corrected chi connectivity index (χ1v) is 8.24. The number of ether oxygens (including phenoxy) is 1. The predicted molar refractivity (Wildman–Crippen MR) is 87.4 cm³/mol. The highest BCUT2D eigenvalue weighted by Gasteiger charge is 2.26. The molecule has 2 N–H and O–H groups in total. The third-order valence-corrected chi connectivity index (χ3v) is 3.93. The Morgan fingerprint density at radius 1 is 1.38 bits per heavy atom. The van der Waals surface area contributed by atoms with E-state index < -0.39 is 6.10 Å². The standard InChI is InChI=1S/C16H23BrN2O2/c1-10(2)18-9-12-4-7-15(14(17)8-12)21-11(3)16(20)19-13-5-6-13/h4,7-8,10-11,13,18H,5-6,9H2,1-3H3,(H,19,20). The molecule has 1 fully saturated rings. The smallest absolute Gasteiger partial charge is 0.260 e. The quantitative estimate of drug-likeness (QED) is 0.791. The summed E-state index contributed by atoms with van der Waals surface area (Å²) in [5, 5.41) is 6.32. The van der Waals surface area contributed by atoms with Crippen LogP contribution in [-0.4, -0.2) is 24.1 Å². The van der Waals surface area contributed by atoms with E-state index in [1.165, 1.54) is 5.56 Å². The molecule has 1 aliphatic rings. The molecular weight excluding hydrogens is 332 g/mol. The number of nitrogens with one attached hydrogen (secondary N) is 2. The molecule has 1 aromatic carbocycles. The molecule has 116 valence electrons. The molecule has 1 unspecified atom stereocenters. The summed E-state index contributed by atoms with van der Waals surface area (Å²) < 4.78 is 6.61. The zero-order valence-corrected chi connectivity index (χ0v) is 14.4. The van der Waals surface area contributed by atoms with Crippen LogP contribution in [0.15, 0.2) is 22.7 Å². The van der Waals surface area contributed by atoms with Crippen LogP contribution in [-0.2, 0) is 11.3 Å². The maximum absolute atomic E-state index is 11.9. The molecule has 0 aromatic heterocycles. The summed E-state index contributed by atoms with van der Waals surface area (Å²) in [7, 11) is 0. The van der Waals surface area contributed by atoms with Crippen LogP contribution in [0.4, 0.5) is 0 Å². The van der Waals surface area contributed by atoms with Crippen molar-refractivity contribution in [1.29, 1.82) is 0 Å². The van der Waals surface area contributed by atoms with Gasteiger partial charge in [-0.1, -0.05) is 19.9 Å². The molecule has 0 heterocycles. The van der Waals surface area contributed by atoms with Crippen molar-refractivity contribution in [2.45, 2.75) is 58.3 Å². The van der Waals surface area contributed by atoms with E-state index in [0.29, 0.717) is 17.8 Å². The fraction of sp³-hybridized carbons (Fsp3) is 0.562. The summed E-state index contributed by atoms with van der Waals surface area (Å²) in [5.74, 6) is 0.650. The van der Waals surface area contributed by atoms with Crippen LogP contribution >= 0.6 is 15.9 Å². The van der Waals surface area contributed by atoms with Gasteiger partial charge < -0.3 is 15.4 Å². The van der Waals surface area contributed by atoms with Gasteiger partial charge in [-0.3, -0.25) is 4.79 Å². The largest absolute Gasteiger partial charge is 0.480 e. The first-order chi connectivity index (χ1) is 9.95. The van der Waals surface area contributed by atoms with Crippen molar-refractivity contribution in [3.8, 4) is 5.75 Å². The molecule has 1 saturated carbocycles. The van der Waals surface area contributed by atoms with Crippen molar-refractivity contribution in [3.63, 3.8) is 0 Å². The van der Waals surface area contributed by atoms with Crippen molar-refractivity contribution < 1.29 is 9.53 Å². The average molecular weight is 355 g/mol. The number of hydrogen-bond donors (Lipinski definition) is 2. The van der Waals surface area contributed by atoms with Gasteiger partial charge >= 0.3 is 0 Å². The lowest BCUT2D eigenvalue weighted by Crippen LogP contribution is -2.37. The maximum Gasteiger partial charge on any atom is 0.260 e. The van der Waals surface area contributed by atoms with Gasteiger partial charge in [-0.2, -0.15) is 0 Å². The Morgan fingerprint density at radius 2 is 2.10 bits per heavy atom. The molecule has 0 aliphatic heterocycles. The molecule has 0 saturated heterocycles. The van der Waals surface area contributed by atoms with Gasteiger partial charge in [0.05, 0.1) is 4.47 Å². The monoisotopic (exact) mass is 354 g/mol. The Labute approximate surface area is 134 Å². The van der Waals surface area contributed by atoms with Crippen LogP contribution < -0.4 is 15.4 Å². The summed E-state index contributed by atoms with van der Waals surface area (Å²) in [4.78, 5) is 11.9. The van der Waals surface area contributed by atoms with Crippen LogP contribution in [0, 0.1) is 0 Å². The Kier molecular flexibility index (Phi) is 5.65. The zero-order chi connectivity index (χ0) is 15.4. The van der Waals surface area contributed by atoms with E-state index >= 15 is 0 Å². The summed E-state index contributed by atoms with van der Waals surface area (Å²) in [6.45, 7) is 6.83. The Bertz CT molecular complexity index is 501. The van der Waals surface area contributed by atoms with E-state index in [2.05, 4.69) is 40.4 Å². The first kappa shape index (κ1) is 16.3. The van der Waals surface area contributed by atoms with Gasteiger partial charge in [-0.25, -0.2) is 0 Å². The highest BCUT2D eigenvalue weighted by atomic mass is 79.9. The molecule has 4 nitrogen and oxygen atoms in total. The second-order valence-electron chi connectivity index (χ2n) is 5.84. The summed E-state index contributed by atoms with van der Waals surface area (Å²) >= 11 is 3.51. The Morgan fingerprint density at radius 3 is 2.67 bits per heavy atom. The van der Waals surface area contributed by atoms with Crippen LogP contribution in [0.3, 0.4) is 0 Å². The van der Waals surface area contributed by atoms with Crippen molar-refractivity contribution in [2.24, 2.45) is 0 Å². The predicted octanol–water partition coefficient (Wildman–Crippen LogP) is 2.99. The fourth-order valence-corrected chi connectivity index (χ4v) is 2.38. The van der Waals surface area contributed by atoms with E-state index in [1.807, 2.05) is 18.2 Å². The lowest BCUT2D eigenvalue weighted by molar-refractivity contribution is -0.127. The molecule has 1 atom stereocenters. The van der Waals surface area contributed by atoms with E-state index in [9.17, 15) is 4.79 Å². The number of rotatable bonds is 7. The lowest BCUT2D eigenvalue weighted by Gasteiger charge is -2.16. The highest BCUT2D eigenvalue weighted by Crippen LogP contribution is 2.27. The van der Waals surface area contributed by atoms with Crippen molar-refractivity contribution in [1.82, 2.24) is 10.6 Å². The van der Waals surface area contributed by atoms with E-state index in [0.717, 1.165) is 23.9 Å². The van der Waals surface area contributed by atoms with Gasteiger partial charge in [0.2, 0.25) is 0 Å². The first-order valence-electron chi connectivity index (χ1n) is 7.44. The zero-order valence-electron chi connectivity index (χ0n) is 12.8. The normalized spacial score (nSPS) is 15.9. The fourth-order valence-electron chi connectivity index (χ4n) is 1.86. The number of benzene rings is 1. The van der Waals surface area contributed by atoms with Crippen molar-refractivity contribution >= 4 is 21.8 Å². The summed E-state index contributed by atoms with van der Waals surface area (Å²) in [6.07, 6.45) is 1.68. The number of amides is 1. The van der Waals surface area contributed by atoms with Gasteiger partial charge in [0.1, 0.15) is 5.75 Å². The molecule has 5 heteroatoms. The number of halogens is 1. The second-order valence-corrected chi connectivity index (χ2v) is 6.70. The van der Waals surface area contributed by atoms with Crippen LogP contribution in [0.5, 0.6) is 5.75 Å². The van der Waals surface area contributed by atoms with Gasteiger partial charge in [-0.05, 0) is 53.4 Å². The third-order valence-electron chi connectivity index (χ3n) is 3.31. The van der Waals surface area contributed by atoms with Crippen LogP contribution in [0.2, 0.25) is 0 Å². The number of hydrogen-bond acceptors (Lipinski definition) is 3. The van der Waals surface area contributed by atoms with Crippen molar-refractivity contribution in [2.75, 3.05) is 0 Å². The molecule has 1 aliphatic carbocycles. The highest BCUT2D eigenvalue weighted by molar-refractivity contribution is 9.10. The molecule has 1 amide bonds. The minimum absolute atomic E-state index is 0.0463. The van der Waals surface area contributed by atoms with Crippen molar-refractivity contribution in [3.05, 3.63) is 28.2 Å². The third kappa shape index (κ3) is 5.32. The second kappa shape index (κ2) is 7.27. The number of carbonyl (C=O) groups is 1. The minimum atomic E-state index is -0.485. The van der Waals surface area contributed by atoms with Gasteiger partial charge in [-0.15, -0.1) is 0 Å². The summed E-state index contributed by atoms with van der Waals surface area (Å²) in [5.41, 5.74) is 1.18. The van der Waals surface area contributed by atoms with Gasteiger partial charge in [0.25, 0.3) is 5.91 Å². The maximum atomic E-state index is 11.9. The topological polar surface area (TPSA) is 50.4 Å². The van der Waals surface area contributed by atoms with E-state index in [1.54, 1.807) is 6.92 Å². The molecule has 0 radical (unpaired) electrons. The molecular formula is C16H23BrN2O2. The van der Waals surface area contributed by atoms with Gasteiger partial charge in [0.15, 0.2) is 6.10 Å². The Hall–Kier alpha value is -1.07. The lowest BCUT2D eigenvalue weighted by atomic mass is 10.2. The van der Waals surface area contributed by atoms with Gasteiger partial charge in [0, 0.05) is 18.6 Å². The van der Waals surface area contributed by atoms with E-state index in [4.69, 9.17) is 4.74 Å². The minimum Gasteiger partial charge on any atom is -0.480 e. The Balaban J connectivity index is 1.91. The average Bonchev–Trinajstić information content (AvgIpc) is 3.22. The molecule has 21 heavy (non-hydrogen) atoms. The summed E-state index contributed by atoms with van der Waals surface area (Å²) in [6, 6.07) is 6.75. The van der Waals surface area contributed by atoms with Crippen LogP contribution in [0.25, 0.3) is 0 Å². The molecule has 2 rings (SSSR count). The van der Waals surface area contributed by atoms with E-state index in [-0.39, 0.29) is 5.91 Å². The molecule has 0 spiro atoms. The molecule has 1 aromatic rings.